The first-order valence-electron chi connectivity index (χ1n) is 11.5. The molecule has 2 aromatic carbocycles. The zero-order valence-electron chi connectivity index (χ0n) is 20.2. The first-order chi connectivity index (χ1) is 15.7. The number of aromatic nitrogens is 1. The second-order valence-corrected chi connectivity index (χ2v) is 9.65. The highest BCUT2D eigenvalue weighted by Gasteiger charge is 2.24. The Morgan fingerprint density at radius 1 is 1.00 bits per heavy atom. The van der Waals surface area contributed by atoms with Crippen molar-refractivity contribution in [3.05, 3.63) is 71.1 Å². The number of ether oxygens (including phenoxy) is 1. The molecule has 0 saturated carbocycles. The zero-order chi connectivity index (χ0) is 23.6. The van der Waals surface area contributed by atoms with Crippen LogP contribution in [-0.4, -0.2) is 54.0 Å². The van der Waals surface area contributed by atoms with E-state index in [0.717, 1.165) is 41.4 Å². The minimum atomic E-state index is 0.0830. The van der Waals surface area contributed by atoms with Crippen LogP contribution in [0.25, 0.3) is 11.5 Å². The lowest BCUT2D eigenvalue weighted by atomic mass is 9.86. The third-order valence-corrected chi connectivity index (χ3v) is 6.26. The van der Waals surface area contributed by atoms with Crippen molar-refractivity contribution in [2.75, 3.05) is 33.3 Å². The Balaban J connectivity index is 1.35. The molecule has 6 heteroatoms. The Bertz CT molecular complexity index is 1090. The molecule has 0 spiro atoms. The van der Waals surface area contributed by atoms with Crippen molar-refractivity contribution >= 4 is 5.91 Å². The highest BCUT2D eigenvalue weighted by atomic mass is 16.5. The molecule has 1 aliphatic rings. The van der Waals surface area contributed by atoms with Crippen molar-refractivity contribution in [2.24, 2.45) is 0 Å². The maximum atomic E-state index is 13.0. The van der Waals surface area contributed by atoms with E-state index < -0.39 is 0 Å². The molecule has 1 amide bonds. The van der Waals surface area contributed by atoms with Crippen LogP contribution in [0.1, 0.15) is 48.1 Å². The number of nitrogens with zero attached hydrogens (tertiary/aromatic N) is 3. The van der Waals surface area contributed by atoms with Gasteiger partial charge in [-0.15, -0.1) is 0 Å². The number of oxazole rings is 1. The first-order valence-corrected chi connectivity index (χ1v) is 11.5. The fourth-order valence-corrected chi connectivity index (χ4v) is 4.05. The maximum Gasteiger partial charge on any atom is 0.253 e. The van der Waals surface area contributed by atoms with Gasteiger partial charge in [-0.05, 0) is 54.3 Å². The largest absolute Gasteiger partial charge is 0.497 e. The molecular formula is C27H33N3O3. The minimum absolute atomic E-state index is 0.0830. The quantitative estimate of drug-likeness (QED) is 0.556. The molecule has 2 heterocycles. The number of hydrogen-bond acceptors (Lipinski definition) is 5. The van der Waals surface area contributed by atoms with Gasteiger partial charge in [0.1, 0.15) is 11.5 Å². The van der Waals surface area contributed by atoms with E-state index in [1.54, 1.807) is 7.11 Å². The molecule has 0 unspecified atom stereocenters. The normalized spacial score (nSPS) is 15.0. The van der Waals surface area contributed by atoms with Gasteiger partial charge in [0.05, 0.1) is 12.8 Å². The van der Waals surface area contributed by atoms with Gasteiger partial charge in [-0.25, -0.2) is 4.98 Å². The maximum absolute atomic E-state index is 13.0. The van der Waals surface area contributed by atoms with Gasteiger partial charge in [-0.2, -0.15) is 0 Å². The molecule has 0 radical (unpaired) electrons. The number of benzene rings is 2. The number of aryl methyl sites for hydroxylation is 1. The SMILES string of the molecule is COc1ccc(-c2nc(CN3CCN(C(=O)c4ccc(C(C)(C)C)cc4)CC3)c(C)o2)cc1. The second-order valence-electron chi connectivity index (χ2n) is 9.65. The molecule has 1 aliphatic heterocycles. The van der Waals surface area contributed by atoms with E-state index in [1.807, 2.05) is 48.2 Å². The average molecular weight is 448 g/mol. The lowest BCUT2D eigenvalue weighted by molar-refractivity contribution is 0.0626. The highest BCUT2D eigenvalue weighted by molar-refractivity contribution is 5.94. The van der Waals surface area contributed by atoms with Crippen molar-refractivity contribution in [1.29, 1.82) is 0 Å². The average Bonchev–Trinajstić information content (AvgIpc) is 3.18. The molecular weight excluding hydrogens is 414 g/mol. The summed E-state index contributed by atoms with van der Waals surface area (Å²) in [5, 5.41) is 0. The van der Waals surface area contributed by atoms with E-state index in [-0.39, 0.29) is 11.3 Å². The van der Waals surface area contributed by atoms with Gasteiger partial charge >= 0.3 is 0 Å². The lowest BCUT2D eigenvalue weighted by Crippen LogP contribution is -2.48. The van der Waals surface area contributed by atoms with E-state index in [2.05, 4.69) is 37.8 Å². The van der Waals surface area contributed by atoms with Gasteiger partial charge < -0.3 is 14.1 Å². The lowest BCUT2D eigenvalue weighted by Gasteiger charge is -2.34. The molecule has 1 saturated heterocycles. The number of rotatable bonds is 5. The highest BCUT2D eigenvalue weighted by Crippen LogP contribution is 2.25. The predicted octanol–water partition coefficient (Wildman–Crippen LogP) is 4.91. The molecule has 174 valence electrons. The number of carbonyl (C=O) groups is 1. The van der Waals surface area contributed by atoms with E-state index in [4.69, 9.17) is 14.1 Å². The van der Waals surface area contributed by atoms with Gasteiger partial charge in [-0.1, -0.05) is 32.9 Å². The van der Waals surface area contributed by atoms with Crippen LogP contribution >= 0.6 is 0 Å². The van der Waals surface area contributed by atoms with Crippen molar-refractivity contribution in [3.8, 4) is 17.2 Å². The first kappa shape index (κ1) is 23.1. The van der Waals surface area contributed by atoms with Gasteiger partial charge in [0.15, 0.2) is 0 Å². The molecule has 0 atom stereocenters. The van der Waals surface area contributed by atoms with Crippen LogP contribution in [0.5, 0.6) is 5.75 Å². The summed E-state index contributed by atoms with van der Waals surface area (Å²) in [6, 6.07) is 15.7. The van der Waals surface area contributed by atoms with Crippen LogP contribution in [-0.2, 0) is 12.0 Å². The summed E-state index contributed by atoms with van der Waals surface area (Å²) < 4.78 is 11.1. The molecule has 4 rings (SSSR count). The second kappa shape index (κ2) is 9.40. The smallest absolute Gasteiger partial charge is 0.253 e. The summed E-state index contributed by atoms with van der Waals surface area (Å²) in [6.07, 6.45) is 0. The Labute approximate surface area is 196 Å². The van der Waals surface area contributed by atoms with Crippen LogP contribution < -0.4 is 4.74 Å². The summed E-state index contributed by atoms with van der Waals surface area (Å²) >= 11 is 0. The monoisotopic (exact) mass is 447 g/mol. The molecule has 1 aromatic heterocycles. The van der Waals surface area contributed by atoms with Crippen LogP contribution in [0.3, 0.4) is 0 Å². The molecule has 0 aliphatic carbocycles. The van der Waals surface area contributed by atoms with Crippen LogP contribution in [0, 0.1) is 6.92 Å². The molecule has 3 aromatic rings. The summed E-state index contributed by atoms with van der Waals surface area (Å²) in [6.45, 7) is 12.3. The van der Waals surface area contributed by atoms with Gasteiger partial charge in [0.25, 0.3) is 5.91 Å². The van der Waals surface area contributed by atoms with E-state index in [9.17, 15) is 4.79 Å². The van der Waals surface area contributed by atoms with Crippen molar-refractivity contribution in [2.45, 2.75) is 39.7 Å². The molecule has 1 fully saturated rings. The number of piperazine rings is 1. The minimum Gasteiger partial charge on any atom is -0.497 e. The Hall–Kier alpha value is -3.12. The van der Waals surface area contributed by atoms with Gasteiger partial charge in [-0.3, -0.25) is 9.69 Å². The van der Waals surface area contributed by atoms with Crippen molar-refractivity contribution in [3.63, 3.8) is 0 Å². The van der Waals surface area contributed by atoms with E-state index in [1.165, 1.54) is 5.56 Å². The van der Waals surface area contributed by atoms with Crippen LogP contribution in [0.4, 0.5) is 0 Å². The fourth-order valence-electron chi connectivity index (χ4n) is 4.05. The Morgan fingerprint density at radius 2 is 1.64 bits per heavy atom. The molecule has 0 N–H and O–H groups in total. The number of amides is 1. The number of hydrogen-bond donors (Lipinski definition) is 0. The molecule has 6 nitrogen and oxygen atoms in total. The fraction of sp³-hybridized carbons (Fsp3) is 0.407. The Morgan fingerprint density at radius 3 is 2.21 bits per heavy atom. The van der Waals surface area contributed by atoms with Crippen LogP contribution in [0.2, 0.25) is 0 Å². The standard InChI is InChI=1S/C27H33N3O3/c1-19-24(28-25(33-19)20-8-12-23(32-5)13-9-20)18-29-14-16-30(17-15-29)26(31)21-6-10-22(11-7-21)27(2,3)4/h6-13H,14-18H2,1-5H3. The van der Waals surface area contributed by atoms with Crippen molar-refractivity contribution < 1.29 is 13.9 Å². The summed E-state index contributed by atoms with van der Waals surface area (Å²) in [5.74, 6) is 2.37. The van der Waals surface area contributed by atoms with Crippen LogP contribution in [0.15, 0.2) is 52.9 Å². The molecule has 0 bridgehead atoms. The third kappa shape index (κ3) is 5.28. The molecule has 33 heavy (non-hydrogen) atoms. The van der Waals surface area contributed by atoms with Gasteiger partial charge in [0, 0.05) is 43.9 Å². The summed E-state index contributed by atoms with van der Waals surface area (Å²) in [5.41, 5.74) is 3.95. The van der Waals surface area contributed by atoms with E-state index in [0.29, 0.717) is 25.5 Å². The summed E-state index contributed by atoms with van der Waals surface area (Å²) in [4.78, 5) is 22.0. The van der Waals surface area contributed by atoms with Gasteiger partial charge in [0.2, 0.25) is 5.89 Å². The summed E-state index contributed by atoms with van der Waals surface area (Å²) in [7, 11) is 1.65. The van der Waals surface area contributed by atoms with E-state index >= 15 is 0 Å². The number of methoxy groups -OCH3 is 1. The van der Waals surface area contributed by atoms with Crippen molar-refractivity contribution in [1.82, 2.24) is 14.8 Å². The zero-order valence-corrected chi connectivity index (χ0v) is 20.2. The topological polar surface area (TPSA) is 58.8 Å². The third-order valence-electron chi connectivity index (χ3n) is 6.26. The Kier molecular flexibility index (Phi) is 6.56. The number of carbonyl (C=O) groups excluding carboxylic acids is 1. The predicted molar refractivity (Wildman–Crippen MR) is 130 cm³/mol.